The number of amides is 1. The largest absolute Gasteiger partial charge is 0.375 e. The van der Waals surface area contributed by atoms with Crippen LogP contribution in [0.15, 0.2) is 35.7 Å². The lowest BCUT2D eigenvalue weighted by Gasteiger charge is -2.20. The van der Waals surface area contributed by atoms with Crippen molar-refractivity contribution in [2.75, 3.05) is 23.3 Å². The summed E-state index contributed by atoms with van der Waals surface area (Å²) in [6.07, 6.45) is 0.861. The second-order valence-corrected chi connectivity index (χ2v) is 5.59. The van der Waals surface area contributed by atoms with Crippen molar-refractivity contribution in [1.29, 1.82) is 0 Å². The highest BCUT2D eigenvalue weighted by atomic mass is 32.1. The Kier molecular flexibility index (Phi) is 3.57. The van der Waals surface area contributed by atoms with Crippen molar-refractivity contribution in [3.63, 3.8) is 0 Å². The number of hydrogen-bond acceptors (Lipinski definition) is 5. The molecule has 0 atom stereocenters. The van der Waals surface area contributed by atoms with E-state index in [0.29, 0.717) is 12.1 Å². The van der Waals surface area contributed by atoms with E-state index in [4.69, 9.17) is 0 Å². The lowest BCUT2D eigenvalue weighted by molar-refractivity contribution is -0.384. The fourth-order valence-corrected chi connectivity index (χ4v) is 3.12. The van der Waals surface area contributed by atoms with E-state index in [1.165, 1.54) is 24.3 Å². The number of non-ortho nitro benzene ring substituents is 1. The van der Waals surface area contributed by atoms with Gasteiger partial charge < -0.3 is 10.2 Å². The molecule has 3 rings (SSSR count). The number of nitrogens with zero attached hydrogens (tertiary/aromatic N) is 2. The molecule has 1 aliphatic rings. The van der Waals surface area contributed by atoms with Crippen LogP contribution in [-0.4, -0.2) is 23.9 Å². The normalized spacial score (nSPS) is 14.0. The number of fused-ring (bicyclic) bond motifs is 1. The molecule has 0 saturated carbocycles. The summed E-state index contributed by atoms with van der Waals surface area (Å²) in [6, 6.07) is 7.65. The second-order valence-electron chi connectivity index (χ2n) is 4.68. The number of benzene rings is 1. The van der Waals surface area contributed by atoms with Crippen LogP contribution in [0.2, 0.25) is 0 Å². The average molecular weight is 303 g/mol. The molecule has 7 heteroatoms. The summed E-state index contributed by atoms with van der Waals surface area (Å²) in [4.78, 5) is 24.5. The molecular weight excluding hydrogens is 290 g/mol. The molecule has 108 valence electrons. The third-order valence-corrected chi connectivity index (χ3v) is 4.21. The molecule has 1 aromatic heterocycles. The maximum atomic E-state index is 12.6. The van der Waals surface area contributed by atoms with Crippen molar-refractivity contribution < 1.29 is 9.72 Å². The summed E-state index contributed by atoms with van der Waals surface area (Å²) in [5.74, 6) is -0.131. The van der Waals surface area contributed by atoms with Gasteiger partial charge in [0, 0.05) is 30.8 Å². The van der Waals surface area contributed by atoms with Gasteiger partial charge in [-0.25, -0.2) is 0 Å². The zero-order valence-electron chi connectivity index (χ0n) is 11.1. The van der Waals surface area contributed by atoms with Gasteiger partial charge in [-0.3, -0.25) is 14.9 Å². The highest BCUT2D eigenvalue weighted by Gasteiger charge is 2.23. The predicted molar refractivity (Wildman–Crippen MR) is 82.2 cm³/mol. The van der Waals surface area contributed by atoms with Crippen molar-refractivity contribution in [2.24, 2.45) is 0 Å². The van der Waals surface area contributed by atoms with E-state index in [1.807, 2.05) is 11.4 Å². The standard InChI is InChI=1S/C14H13N3O3S/c18-14(10-2-4-11(5-3-10)17(19)20)16-8-1-7-15-13-12(16)6-9-21-13/h2-6,9,15H,1,7-8H2. The molecule has 0 bridgehead atoms. The monoisotopic (exact) mass is 303 g/mol. The number of anilines is 2. The van der Waals surface area contributed by atoms with Gasteiger partial charge in [0.2, 0.25) is 0 Å². The van der Waals surface area contributed by atoms with Crippen molar-refractivity contribution >= 4 is 33.6 Å². The van der Waals surface area contributed by atoms with Crippen molar-refractivity contribution in [3.8, 4) is 0 Å². The highest BCUT2D eigenvalue weighted by Crippen LogP contribution is 2.34. The zero-order chi connectivity index (χ0) is 14.8. The van der Waals surface area contributed by atoms with Gasteiger partial charge in [-0.05, 0) is 30.0 Å². The van der Waals surface area contributed by atoms with E-state index < -0.39 is 4.92 Å². The van der Waals surface area contributed by atoms with Crippen LogP contribution in [0.5, 0.6) is 0 Å². The number of nitrogens with one attached hydrogen (secondary N) is 1. The summed E-state index contributed by atoms with van der Waals surface area (Å²) in [5.41, 5.74) is 1.32. The molecule has 21 heavy (non-hydrogen) atoms. The highest BCUT2D eigenvalue weighted by molar-refractivity contribution is 7.14. The predicted octanol–water partition coefficient (Wildman–Crippen LogP) is 3.12. The summed E-state index contributed by atoms with van der Waals surface area (Å²) >= 11 is 1.57. The van der Waals surface area contributed by atoms with Gasteiger partial charge in [-0.1, -0.05) is 0 Å². The number of thiophene rings is 1. The summed E-state index contributed by atoms with van der Waals surface area (Å²) in [6.45, 7) is 1.46. The molecule has 0 spiro atoms. The van der Waals surface area contributed by atoms with Gasteiger partial charge in [0.1, 0.15) is 5.00 Å². The SMILES string of the molecule is O=C(c1ccc([N+](=O)[O-])cc1)N1CCCNc2sccc21. The summed E-state index contributed by atoms with van der Waals surface area (Å²) in [7, 11) is 0. The van der Waals surface area contributed by atoms with Crippen molar-refractivity contribution in [1.82, 2.24) is 0 Å². The molecule has 1 aromatic carbocycles. The van der Waals surface area contributed by atoms with Crippen LogP contribution in [0.4, 0.5) is 16.4 Å². The molecule has 0 unspecified atom stereocenters. The fourth-order valence-electron chi connectivity index (χ4n) is 2.30. The first-order chi connectivity index (χ1) is 10.2. The molecule has 0 saturated heterocycles. The van der Waals surface area contributed by atoms with Gasteiger partial charge in [0.25, 0.3) is 11.6 Å². The minimum Gasteiger partial charge on any atom is -0.375 e. The van der Waals surface area contributed by atoms with E-state index in [9.17, 15) is 14.9 Å². The molecule has 0 aliphatic carbocycles. The molecule has 2 aromatic rings. The number of nitro groups is 1. The maximum absolute atomic E-state index is 12.6. The molecule has 1 aliphatic heterocycles. The van der Waals surface area contributed by atoms with Crippen molar-refractivity contribution in [2.45, 2.75) is 6.42 Å². The Hall–Kier alpha value is -2.41. The third-order valence-electron chi connectivity index (χ3n) is 3.35. The Balaban J connectivity index is 1.90. The minimum absolute atomic E-state index is 0.0136. The van der Waals surface area contributed by atoms with Crippen LogP contribution in [0.25, 0.3) is 0 Å². The summed E-state index contributed by atoms with van der Waals surface area (Å²) < 4.78 is 0. The topological polar surface area (TPSA) is 75.5 Å². The lowest BCUT2D eigenvalue weighted by Crippen LogP contribution is -2.31. The Bertz CT molecular complexity index is 681. The van der Waals surface area contributed by atoms with E-state index in [2.05, 4.69) is 5.32 Å². The fraction of sp³-hybridized carbons (Fsp3) is 0.214. The van der Waals surface area contributed by atoms with Crippen molar-refractivity contribution in [3.05, 3.63) is 51.4 Å². The average Bonchev–Trinajstić information content (AvgIpc) is 2.86. The minimum atomic E-state index is -0.471. The van der Waals surface area contributed by atoms with Gasteiger partial charge in [-0.15, -0.1) is 11.3 Å². The van der Waals surface area contributed by atoms with Crippen LogP contribution in [-0.2, 0) is 0 Å². The van der Waals surface area contributed by atoms with E-state index in [1.54, 1.807) is 16.2 Å². The first-order valence-corrected chi connectivity index (χ1v) is 7.42. The van der Waals surface area contributed by atoms with Gasteiger partial charge >= 0.3 is 0 Å². The Morgan fingerprint density at radius 3 is 2.76 bits per heavy atom. The number of carbonyl (C=O) groups excluding carboxylic acids is 1. The first kappa shape index (κ1) is 13.6. The second kappa shape index (κ2) is 5.53. The lowest BCUT2D eigenvalue weighted by atomic mass is 10.1. The quantitative estimate of drug-likeness (QED) is 0.683. The number of rotatable bonds is 2. The van der Waals surface area contributed by atoms with E-state index >= 15 is 0 Å². The maximum Gasteiger partial charge on any atom is 0.269 e. The zero-order valence-corrected chi connectivity index (χ0v) is 11.9. The van der Waals surface area contributed by atoms with Crippen LogP contribution in [0.3, 0.4) is 0 Å². The van der Waals surface area contributed by atoms with Gasteiger partial charge in [0.05, 0.1) is 10.6 Å². The molecule has 1 amide bonds. The number of nitro benzene ring substituents is 1. The molecular formula is C14H13N3O3S. The Morgan fingerprint density at radius 1 is 1.29 bits per heavy atom. The smallest absolute Gasteiger partial charge is 0.269 e. The van der Waals surface area contributed by atoms with Crippen LogP contribution < -0.4 is 10.2 Å². The number of carbonyl (C=O) groups is 1. The Labute approximate surface area is 125 Å². The first-order valence-electron chi connectivity index (χ1n) is 6.54. The molecule has 2 heterocycles. The third kappa shape index (κ3) is 2.59. The van der Waals surface area contributed by atoms with Gasteiger partial charge in [-0.2, -0.15) is 0 Å². The molecule has 0 fully saturated rings. The molecule has 6 nitrogen and oxygen atoms in total. The van der Waals surface area contributed by atoms with Crippen LogP contribution in [0, 0.1) is 10.1 Å². The molecule has 1 N–H and O–H groups in total. The number of hydrogen-bond donors (Lipinski definition) is 1. The summed E-state index contributed by atoms with van der Waals surface area (Å²) in [5, 5.41) is 16.9. The van der Waals surface area contributed by atoms with Crippen LogP contribution >= 0.6 is 11.3 Å². The van der Waals surface area contributed by atoms with Gasteiger partial charge in [0.15, 0.2) is 0 Å². The van der Waals surface area contributed by atoms with E-state index in [-0.39, 0.29) is 11.6 Å². The molecule has 0 radical (unpaired) electrons. The van der Waals surface area contributed by atoms with E-state index in [0.717, 1.165) is 23.7 Å². The Morgan fingerprint density at radius 2 is 2.05 bits per heavy atom. The van der Waals surface area contributed by atoms with Crippen LogP contribution in [0.1, 0.15) is 16.8 Å².